The molecule has 0 aliphatic carbocycles. The van der Waals surface area contributed by atoms with E-state index in [1.165, 1.54) is 16.5 Å². The second-order valence-corrected chi connectivity index (χ2v) is 11.2. The number of nitrogens with one attached hydrogen (secondary N) is 1. The van der Waals surface area contributed by atoms with E-state index in [1.54, 1.807) is 48.5 Å². The Kier molecular flexibility index (Phi) is 7.50. The first-order chi connectivity index (χ1) is 20.7. The number of aromatic hydroxyl groups is 1. The maximum atomic E-state index is 15.1. The number of halogens is 2. The summed E-state index contributed by atoms with van der Waals surface area (Å²) in [6.45, 7) is 2.13. The molecule has 0 saturated heterocycles. The minimum atomic E-state index is -4.01. The summed E-state index contributed by atoms with van der Waals surface area (Å²) in [7, 11) is -4.01. The fourth-order valence-corrected chi connectivity index (χ4v) is 5.47. The summed E-state index contributed by atoms with van der Waals surface area (Å²) in [6, 6.07) is 17.7. The molecule has 0 bridgehead atoms. The van der Waals surface area contributed by atoms with Gasteiger partial charge in [-0.3, -0.25) is 4.18 Å². The van der Waals surface area contributed by atoms with Crippen molar-refractivity contribution < 1.29 is 40.7 Å². The van der Waals surface area contributed by atoms with Crippen molar-refractivity contribution in [3.8, 4) is 34.4 Å². The highest BCUT2D eigenvalue weighted by molar-refractivity contribution is 7.86. The van der Waals surface area contributed by atoms with Crippen LogP contribution in [0.5, 0.6) is 23.1 Å². The molecule has 3 heterocycles. The van der Waals surface area contributed by atoms with Gasteiger partial charge in [-0.05, 0) is 43.3 Å². The molecule has 1 aliphatic heterocycles. The normalized spacial score (nSPS) is 12.8. The molecule has 5 aromatic rings. The van der Waals surface area contributed by atoms with Gasteiger partial charge in [0.25, 0.3) is 10.1 Å². The zero-order valence-corrected chi connectivity index (χ0v) is 23.5. The van der Waals surface area contributed by atoms with E-state index in [0.717, 1.165) is 17.7 Å². The van der Waals surface area contributed by atoms with Crippen LogP contribution in [0.1, 0.15) is 5.56 Å². The van der Waals surface area contributed by atoms with Gasteiger partial charge in [0.15, 0.2) is 11.5 Å². The second-order valence-electron chi connectivity index (χ2n) is 9.57. The summed E-state index contributed by atoms with van der Waals surface area (Å²) in [4.78, 5) is 4.49. The Balaban J connectivity index is 1.35. The van der Waals surface area contributed by atoms with Gasteiger partial charge in [0, 0.05) is 23.9 Å². The molecule has 2 N–H and O–H groups in total. The number of phenolic OH excluding ortho intramolecular Hbond substituents is 1. The molecule has 6 rings (SSSR count). The maximum Gasteiger partial charge on any atom is 0.297 e. The quantitative estimate of drug-likeness (QED) is 0.163. The zero-order valence-electron chi connectivity index (χ0n) is 22.7. The number of phenols is 1. The molecule has 0 radical (unpaired) electrons. The van der Waals surface area contributed by atoms with Crippen LogP contribution in [0.25, 0.3) is 16.9 Å². The third-order valence-corrected chi connectivity index (χ3v) is 7.88. The fourth-order valence-electron chi connectivity index (χ4n) is 4.57. The van der Waals surface area contributed by atoms with Gasteiger partial charge in [0.05, 0.1) is 10.5 Å². The monoisotopic (exact) mass is 609 g/mol. The number of ether oxygens (including phenoxy) is 3. The highest BCUT2D eigenvalue weighted by Crippen LogP contribution is 2.39. The number of benzene rings is 3. The number of rotatable bonds is 9. The van der Waals surface area contributed by atoms with Crippen molar-refractivity contribution in [2.75, 3.05) is 31.7 Å². The lowest BCUT2D eigenvalue weighted by molar-refractivity contribution is 0.171. The van der Waals surface area contributed by atoms with Gasteiger partial charge < -0.3 is 24.6 Å². The average molecular weight is 610 g/mol. The summed E-state index contributed by atoms with van der Waals surface area (Å²) < 4.78 is 79.1. The van der Waals surface area contributed by atoms with Crippen molar-refractivity contribution >= 4 is 27.3 Å². The van der Waals surface area contributed by atoms with E-state index in [9.17, 15) is 13.5 Å². The molecule has 2 aromatic heterocycles. The molecule has 0 spiro atoms. The van der Waals surface area contributed by atoms with Crippen LogP contribution in [0, 0.1) is 18.6 Å². The van der Waals surface area contributed by atoms with E-state index in [0.29, 0.717) is 30.4 Å². The molecule has 0 atom stereocenters. The van der Waals surface area contributed by atoms with Gasteiger partial charge in [0.1, 0.15) is 61.0 Å². The van der Waals surface area contributed by atoms with Crippen LogP contribution in [0.4, 0.5) is 20.3 Å². The predicted molar refractivity (Wildman–Crippen MR) is 153 cm³/mol. The number of aromatic nitrogens is 2. The van der Waals surface area contributed by atoms with Crippen molar-refractivity contribution in [2.45, 2.75) is 11.8 Å². The van der Waals surface area contributed by atoms with Gasteiger partial charge in [-0.1, -0.05) is 23.8 Å². The zero-order chi connectivity index (χ0) is 30.1. The van der Waals surface area contributed by atoms with Crippen LogP contribution in [0.2, 0.25) is 0 Å². The Hall–Kier alpha value is -4.88. The van der Waals surface area contributed by atoms with Gasteiger partial charge in [-0.25, -0.2) is 18.2 Å². The van der Waals surface area contributed by atoms with Gasteiger partial charge in [0.2, 0.25) is 5.88 Å². The van der Waals surface area contributed by atoms with Gasteiger partial charge >= 0.3 is 0 Å². The smallest absolute Gasteiger partial charge is 0.297 e. The van der Waals surface area contributed by atoms with Crippen molar-refractivity contribution in [1.29, 1.82) is 0 Å². The summed E-state index contributed by atoms with van der Waals surface area (Å²) in [5.74, 6) is -1.27. The Bertz CT molecular complexity index is 1910. The predicted octanol–water partition coefficient (Wildman–Crippen LogP) is 5.59. The van der Waals surface area contributed by atoms with E-state index in [-0.39, 0.29) is 41.1 Å². The molecular formula is C30H25F2N3O7S. The summed E-state index contributed by atoms with van der Waals surface area (Å²) >= 11 is 0. The number of anilines is 2. The molecular weight excluding hydrogens is 584 g/mol. The van der Waals surface area contributed by atoms with Crippen LogP contribution < -0.4 is 19.5 Å². The standard InChI is InChI=1S/C30H25F2N3O7S/c1-18-5-8-21(9-6-18)43(37,38)42-14-13-41-27-4-2-3-26-34-29(28-22(31)16-20(36)17-23(28)32)30(35(26)27)33-19-7-10-24-25(15-19)40-12-11-39-24/h2-10,15-17,33,36H,11-14H2,1H3. The maximum absolute atomic E-state index is 15.1. The first kappa shape index (κ1) is 28.2. The third-order valence-electron chi connectivity index (χ3n) is 6.56. The molecule has 3 aromatic carbocycles. The van der Waals surface area contributed by atoms with Crippen LogP contribution in [0.3, 0.4) is 0 Å². The lowest BCUT2D eigenvalue weighted by Crippen LogP contribution is -2.15. The minimum Gasteiger partial charge on any atom is -0.508 e. The third kappa shape index (κ3) is 5.76. The molecule has 0 amide bonds. The van der Waals surface area contributed by atoms with E-state index in [2.05, 4.69) is 10.3 Å². The summed E-state index contributed by atoms with van der Waals surface area (Å²) in [5, 5.41) is 12.9. The first-order valence-corrected chi connectivity index (χ1v) is 14.6. The number of aryl methyl sites for hydroxylation is 1. The van der Waals surface area contributed by atoms with Crippen LogP contribution in [-0.4, -0.2) is 49.3 Å². The average Bonchev–Trinajstić information content (AvgIpc) is 3.33. The summed E-state index contributed by atoms with van der Waals surface area (Å²) in [6.07, 6.45) is 0. The largest absolute Gasteiger partial charge is 0.508 e. The van der Waals surface area contributed by atoms with E-state index in [1.807, 2.05) is 6.92 Å². The lowest BCUT2D eigenvalue weighted by Gasteiger charge is -2.19. The van der Waals surface area contributed by atoms with Crippen LogP contribution >= 0.6 is 0 Å². The Morgan fingerprint density at radius 2 is 1.67 bits per heavy atom. The Labute approximate surface area is 245 Å². The van der Waals surface area contributed by atoms with E-state index >= 15 is 8.78 Å². The number of pyridine rings is 1. The topological polar surface area (TPSA) is 121 Å². The minimum absolute atomic E-state index is 0.0170. The van der Waals surface area contributed by atoms with Crippen LogP contribution in [0.15, 0.2) is 77.7 Å². The number of hydrogen-bond donors (Lipinski definition) is 2. The van der Waals surface area contributed by atoms with Crippen molar-refractivity contribution in [3.05, 3.63) is 90.0 Å². The fraction of sp³-hybridized carbons (Fsp3) is 0.167. The number of nitrogens with zero attached hydrogens (tertiary/aromatic N) is 2. The highest BCUT2D eigenvalue weighted by Gasteiger charge is 2.24. The van der Waals surface area contributed by atoms with Crippen molar-refractivity contribution in [3.63, 3.8) is 0 Å². The lowest BCUT2D eigenvalue weighted by atomic mass is 10.1. The Morgan fingerprint density at radius 3 is 2.42 bits per heavy atom. The molecule has 43 heavy (non-hydrogen) atoms. The van der Waals surface area contributed by atoms with Crippen molar-refractivity contribution in [2.24, 2.45) is 0 Å². The van der Waals surface area contributed by atoms with Crippen LogP contribution in [-0.2, 0) is 14.3 Å². The Morgan fingerprint density at radius 1 is 0.953 bits per heavy atom. The molecule has 13 heteroatoms. The molecule has 1 aliphatic rings. The molecule has 10 nitrogen and oxygen atoms in total. The van der Waals surface area contributed by atoms with Gasteiger partial charge in [-0.2, -0.15) is 8.42 Å². The highest BCUT2D eigenvalue weighted by atomic mass is 32.2. The number of imidazole rings is 1. The number of fused-ring (bicyclic) bond motifs is 2. The van der Waals surface area contributed by atoms with Gasteiger partial charge in [-0.15, -0.1) is 0 Å². The van der Waals surface area contributed by atoms with E-state index in [4.69, 9.17) is 18.4 Å². The molecule has 0 unspecified atom stereocenters. The molecule has 222 valence electrons. The van der Waals surface area contributed by atoms with Crippen molar-refractivity contribution in [1.82, 2.24) is 9.38 Å². The SMILES string of the molecule is Cc1ccc(S(=O)(=O)OCCOc2cccc3nc(-c4c(F)cc(O)cc4F)c(Nc4ccc5c(c4)OCCO5)n23)cc1. The number of hydrogen-bond acceptors (Lipinski definition) is 9. The molecule has 0 saturated carbocycles. The second kappa shape index (κ2) is 11.4. The molecule has 0 fully saturated rings. The first-order valence-electron chi connectivity index (χ1n) is 13.1. The summed E-state index contributed by atoms with van der Waals surface area (Å²) in [5.41, 5.74) is 1.10. The van der Waals surface area contributed by atoms with E-state index < -0.39 is 33.1 Å².